The van der Waals surface area contributed by atoms with Gasteiger partial charge in [0.15, 0.2) is 0 Å². The van der Waals surface area contributed by atoms with Gasteiger partial charge in [0.2, 0.25) is 0 Å². The normalized spacial score (nSPS) is 11.2. The highest BCUT2D eigenvalue weighted by Gasteiger charge is 2.14. The lowest BCUT2D eigenvalue weighted by atomic mass is 10.3. The SMILES string of the molecule is CCc1c(N)c(=O)n(C(C)C)n1C. The van der Waals surface area contributed by atoms with E-state index in [4.69, 9.17) is 5.73 Å². The highest BCUT2D eigenvalue weighted by Crippen LogP contribution is 2.10. The maximum Gasteiger partial charge on any atom is 0.290 e. The largest absolute Gasteiger partial charge is 0.393 e. The Labute approximate surface area is 77.9 Å². The van der Waals surface area contributed by atoms with Gasteiger partial charge in [-0.05, 0) is 20.3 Å². The molecule has 1 aromatic heterocycles. The van der Waals surface area contributed by atoms with Crippen molar-refractivity contribution in [3.05, 3.63) is 16.0 Å². The van der Waals surface area contributed by atoms with Gasteiger partial charge in [-0.25, -0.2) is 4.68 Å². The molecule has 2 N–H and O–H groups in total. The maximum absolute atomic E-state index is 11.6. The molecule has 0 aliphatic rings. The van der Waals surface area contributed by atoms with Crippen LogP contribution >= 0.6 is 0 Å². The van der Waals surface area contributed by atoms with Gasteiger partial charge in [0, 0.05) is 13.1 Å². The molecule has 0 atom stereocenters. The molecule has 4 heteroatoms. The van der Waals surface area contributed by atoms with Crippen LogP contribution in [0.25, 0.3) is 0 Å². The quantitative estimate of drug-likeness (QED) is 0.741. The van der Waals surface area contributed by atoms with E-state index < -0.39 is 0 Å². The summed E-state index contributed by atoms with van der Waals surface area (Å²) < 4.78 is 3.52. The third kappa shape index (κ3) is 1.36. The summed E-state index contributed by atoms with van der Waals surface area (Å²) >= 11 is 0. The van der Waals surface area contributed by atoms with Crippen molar-refractivity contribution in [2.75, 3.05) is 5.73 Å². The first-order valence-electron chi connectivity index (χ1n) is 4.56. The highest BCUT2D eigenvalue weighted by molar-refractivity contribution is 5.41. The fraction of sp³-hybridized carbons (Fsp3) is 0.667. The monoisotopic (exact) mass is 183 g/mol. The minimum atomic E-state index is -0.0747. The number of rotatable bonds is 2. The number of nitrogen functional groups attached to an aromatic ring is 1. The van der Waals surface area contributed by atoms with Gasteiger partial charge in [-0.3, -0.25) is 9.48 Å². The van der Waals surface area contributed by atoms with Crippen molar-refractivity contribution in [2.45, 2.75) is 33.2 Å². The molecule has 13 heavy (non-hydrogen) atoms. The number of nitrogens with two attached hydrogens (primary N) is 1. The highest BCUT2D eigenvalue weighted by atomic mass is 16.1. The van der Waals surface area contributed by atoms with Gasteiger partial charge in [-0.2, -0.15) is 0 Å². The zero-order valence-corrected chi connectivity index (χ0v) is 8.66. The van der Waals surface area contributed by atoms with E-state index in [0.29, 0.717) is 5.69 Å². The van der Waals surface area contributed by atoms with Crippen molar-refractivity contribution in [1.82, 2.24) is 9.36 Å². The molecule has 4 nitrogen and oxygen atoms in total. The Balaban J connectivity index is 3.46. The molecule has 0 aliphatic heterocycles. The van der Waals surface area contributed by atoms with E-state index in [1.165, 1.54) is 0 Å². The van der Waals surface area contributed by atoms with Gasteiger partial charge in [-0.1, -0.05) is 6.92 Å². The summed E-state index contributed by atoms with van der Waals surface area (Å²) in [7, 11) is 1.87. The predicted molar refractivity (Wildman–Crippen MR) is 53.8 cm³/mol. The smallest absolute Gasteiger partial charge is 0.290 e. The van der Waals surface area contributed by atoms with Crippen LogP contribution in [0.4, 0.5) is 5.69 Å². The molecule has 74 valence electrons. The van der Waals surface area contributed by atoms with Crippen LogP contribution in [0, 0.1) is 0 Å². The number of hydrogen-bond donors (Lipinski definition) is 1. The van der Waals surface area contributed by atoms with Gasteiger partial charge in [0.1, 0.15) is 5.69 Å². The Morgan fingerprint density at radius 2 is 2.00 bits per heavy atom. The molecule has 0 saturated heterocycles. The lowest BCUT2D eigenvalue weighted by Crippen LogP contribution is -2.24. The van der Waals surface area contributed by atoms with Gasteiger partial charge < -0.3 is 5.73 Å². The first-order valence-corrected chi connectivity index (χ1v) is 4.56. The number of nitrogens with zero attached hydrogens (tertiary/aromatic N) is 2. The van der Waals surface area contributed by atoms with Crippen LogP contribution in [0.3, 0.4) is 0 Å². The molecule has 0 fully saturated rings. The molecule has 0 bridgehead atoms. The zero-order valence-electron chi connectivity index (χ0n) is 8.66. The van der Waals surface area contributed by atoms with Crippen molar-refractivity contribution in [2.24, 2.45) is 7.05 Å². The number of aromatic nitrogens is 2. The van der Waals surface area contributed by atoms with Gasteiger partial charge >= 0.3 is 0 Å². The second-order valence-electron chi connectivity index (χ2n) is 3.48. The Kier molecular flexibility index (Phi) is 2.50. The predicted octanol–water partition coefficient (Wildman–Crippen LogP) is 0.912. The number of anilines is 1. The van der Waals surface area contributed by atoms with E-state index in [2.05, 4.69) is 0 Å². The molecule has 0 unspecified atom stereocenters. The second kappa shape index (κ2) is 3.28. The van der Waals surface area contributed by atoms with Crippen LogP contribution in [-0.2, 0) is 13.5 Å². The van der Waals surface area contributed by atoms with E-state index in [0.717, 1.165) is 12.1 Å². The number of hydrogen-bond acceptors (Lipinski definition) is 2. The Morgan fingerprint density at radius 1 is 1.46 bits per heavy atom. The minimum Gasteiger partial charge on any atom is -0.393 e. The van der Waals surface area contributed by atoms with Gasteiger partial charge in [0.05, 0.1) is 5.69 Å². The van der Waals surface area contributed by atoms with E-state index in [1.807, 2.05) is 32.5 Å². The minimum absolute atomic E-state index is 0.0747. The topological polar surface area (TPSA) is 53.0 Å². The van der Waals surface area contributed by atoms with Crippen LogP contribution < -0.4 is 11.3 Å². The van der Waals surface area contributed by atoms with E-state index in [9.17, 15) is 4.79 Å². The molecular weight excluding hydrogens is 166 g/mol. The fourth-order valence-corrected chi connectivity index (χ4v) is 1.69. The van der Waals surface area contributed by atoms with Crippen LogP contribution in [0.5, 0.6) is 0 Å². The Morgan fingerprint density at radius 3 is 2.23 bits per heavy atom. The van der Waals surface area contributed by atoms with E-state index >= 15 is 0 Å². The molecule has 1 heterocycles. The molecular formula is C9H17N3O. The lowest BCUT2D eigenvalue weighted by Gasteiger charge is -2.11. The van der Waals surface area contributed by atoms with Crippen molar-refractivity contribution in [3.63, 3.8) is 0 Å². The molecule has 0 spiro atoms. The average Bonchev–Trinajstić information content (AvgIpc) is 2.24. The molecule has 0 amide bonds. The van der Waals surface area contributed by atoms with Crippen LogP contribution in [-0.4, -0.2) is 9.36 Å². The van der Waals surface area contributed by atoms with Gasteiger partial charge in [0.25, 0.3) is 5.56 Å². The molecule has 0 radical (unpaired) electrons. The van der Waals surface area contributed by atoms with Crippen LogP contribution in [0.2, 0.25) is 0 Å². The maximum atomic E-state index is 11.6. The van der Waals surface area contributed by atoms with Crippen LogP contribution in [0.15, 0.2) is 4.79 Å². The Bertz CT molecular complexity index is 360. The summed E-state index contributed by atoms with van der Waals surface area (Å²) in [5.74, 6) is 0. The molecule has 1 aromatic rings. The average molecular weight is 183 g/mol. The van der Waals surface area contributed by atoms with Crippen molar-refractivity contribution in [1.29, 1.82) is 0 Å². The third-order valence-corrected chi connectivity index (χ3v) is 2.29. The summed E-state index contributed by atoms with van der Waals surface area (Å²) in [6.45, 7) is 5.94. The van der Waals surface area contributed by atoms with Crippen molar-refractivity contribution in [3.8, 4) is 0 Å². The van der Waals surface area contributed by atoms with Crippen LogP contribution in [0.1, 0.15) is 32.5 Å². The lowest BCUT2D eigenvalue weighted by molar-refractivity contribution is 0.429. The molecule has 0 saturated carbocycles. The zero-order chi connectivity index (χ0) is 10.2. The summed E-state index contributed by atoms with van der Waals surface area (Å²) in [5.41, 5.74) is 6.93. The summed E-state index contributed by atoms with van der Waals surface area (Å²) in [5, 5.41) is 0. The molecule has 0 aromatic carbocycles. The summed E-state index contributed by atoms with van der Waals surface area (Å²) in [4.78, 5) is 11.6. The second-order valence-corrected chi connectivity index (χ2v) is 3.48. The van der Waals surface area contributed by atoms with Crippen molar-refractivity contribution >= 4 is 5.69 Å². The van der Waals surface area contributed by atoms with Gasteiger partial charge in [-0.15, -0.1) is 0 Å². The molecule has 1 rings (SSSR count). The third-order valence-electron chi connectivity index (χ3n) is 2.29. The fourth-order valence-electron chi connectivity index (χ4n) is 1.69. The van der Waals surface area contributed by atoms with E-state index in [1.54, 1.807) is 4.68 Å². The first-order chi connectivity index (χ1) is 6.00. The Hall–Kier alpha value is -1.19. The van der Waals surface area contributed by atoms with Crippen molar-refractivity contribution < 1.29 is 0 Å². The summed E-state index contributed by atoms with van der Waals surface area (Å²) in [6.07, 6.45) is 0.789. The summed E-state index contributed by atoms with van der Waals surface area (Å²) in [6, 6.07) is 0.153. The molecule has 0 aliphatic carbocycles. The van der Waals surface area contributed by atoms with E-state index in [-0.39, 0.29) is 11.6 Å². The standard InChI is InChI=1S/C9H17N3O/c1-5-7-8(10)9(13)12(6(2)3)11(7)4/h6H,5,10H2,1-4H3. The first kappa shape index (κ1) is 9.89.